The van der Waals surface area contributed by atoms with E-state index in [0.29, 0.717) is 5.92 Å². The second kappa shape index (κ2) is 5.31. The molecule has 0 amide bonds. The van der Waals surface area contributed by atoms with Crippen molar-refractivity contribution in [1.29, 1.82) is 0 Å². The van der Waals surface area contributed by atoms with Gasteiger partial charge in [0.1, 0.15) is 11.9 Å². The van der Waals surface area contributed by atoms with Gasteiger partial charge in [-0.25, -0.2) is 4.98 Å². The van der Waals surface area contributed by atoms with Crippen molar-refractivity contribution in [3.63, 3.8) is 0 Å². The molecule has 0 saturated heterocycles. The summed E-state index contributed by atoms with van der Waals surface area (Å²) in [4.78, 5) is 15.8. The van der Waals surface area contributed by atoms with Crippen LogP contribution in [0.2, 0.25) is 0 Å². The Balaban J connectivity index is 1.80. The second-order valence-electron chi connectivity index (χ2n) is 4.50. The van der Waals surface area contributed by atoms with E-state index in [4.69, 9.17) is 4.74 Å². The Morgan fingerprint density at radius 1 is 1.71 bits per heavy atom. The van der Waals surface area contributed by atoms with Crippen LogP contribution >= 0.6 is 0 Å². The molecule has 94 valence electrons. The van der Waals surface area contributed by atoms with Crippen molar-refractivity contribution in [3.8, 4) is 0 Å². The molecule has 1 aliphatic rings. The van der Waals surface area contributed by atoms with Crippen molar-refractivity contribution in [2.24, 2.45) is 13.0 Å². The van der Waals surface area contributed by atoms with Gasteiger partial charge in [0.05, 0.1) is 7.11 Å². The first-order chi connectivity index (χ1) is 8.22. The van der Waals surface area contributed by atoms with E-state index < -0.39 is 0 Å². The summed E-state index contributed by atoms with van der Waals surface area (Å²) in [7, 11) is 3.42. The maximum atomic E-state index is 11.5. The molecule has 1 atom stereocenters. The van der Waals surface area contributed by atoms with Crippen LogP contribution in [0.4, 0.5) is 0 Å². The number of aryl methyl sites for hydroxylation is 1. The summed E-state index contributed by atoms with van der Waals surface area (Å²) >= 11 is 0. The molecule has 5 heteroatoms. The quantitative estimate of drug-likeness (QED) is 0.732. The van der Waals surface area contributed by atoms with Crippen molar-refractivity contribution in [2.75, 3.05) is 13.7 Å². The van der Waals surface area contributed by atoms with Gasteiger partial charge in [0.2, 0.25) is 0 Å². The Morgan fingerprint density at radius 3 is 3.00 bits per heavy atom. The molecule has 0 aliphatic heterocycles. The van der Waals surface area contributed by atoms with Gasteiger partial charge in [-0.1, -0.05) is 0 Å². The molecule has 1 N–H and O–H groups in total. The first-order valence-corrected chi connectivity index (χ1v) is 5.99. The normalized spacial score (nSPS) is 16.8. The Hall–Kier alpha value is -1.36. The predicted molar refractivity (Wildman–Crippen MR) is 63.4 cm³/mol. The standard InChI is InChI=1S/C12H19N3O2/c1-15-8-7-13-10(15)5-6-14-11(9-3-4-9)12(16)17-2/h7-9,11,14H,3-6H2,1-2H3. The van der Waals surface area contributed by atoms with Crippen LogP contribution in [0.3, 0.4) is 0 Å². The molecule has 1 saturated carbocycles. The fourth-order valence-electron chi connectivity index (χ4n) is 1.98. The van der Waals surface area contributed by atoms with Crippen LogP contribution in [0.15, 0.2) is 12.4 Å². The van der Waals surface area contributed by atoms with Crippen molar-refractivity contribution in [1.82, 2.24) is 14.9 Å². The van der Waals surface area contributed by atoms with Crippen molar-refractivity contribution in [2.45, 2.75) is 25.3 Å². The zero-order valence-corrected chi connectivity index (χ0v) is 10.3. The summed E-state index contributed by atoms with van der Waals surface area (Å²) in [5.41, 5.74) is 0. The van der Waals surface area contributed by atoms with E-state index in [2.05, 4.69) is 10.3 Å². The minimum absolute atomic E-state index is 0.139. The molecule has 1 aliphatic carbocycles. The lowest BCUT2D eigenvalue weighted by molar-refractivity contribution is -0.143. The average Bonchev–Trinajstić information content (AvgIpc) is 3.08. The Labute approximate surface area is 101 Å². The number of esters is 1. The van der Waals surface area contributed by atoms with Crippen LogP contribution in [0.25, 0.3) is 0 Å². The molecule has 0 radical (unpaired) electrons. The molecule has 1 fully saturated rings. The number of hydrogen-bond donors (Lipinski definition) is 1. The van der Waals surface area contributed by atoms with Crippen molar-refractivity contribution >= 4 is 5.97 Å². The van der Waals surface area contributed by atoms with Gasteiger partial charge >= 0.3 is 5.97 Å². The smallest absolute Gasteiger partial charge is 0.323 e. The van der Waals surface area contributed by atoms with Crippen LogP contribution in [0.5, 0.6) is 0 Å². The van der Waals surface area contributed by atoms with Gasteiger partial charge in [-0.15, -0.1) is 0 Å². The third kappa shape index (κ3) is 3.06. The number of methoxy groups -OCH3 is 1. The summed E-state index contributed by atoms with van der Waals surface area (Å²) in [6.45, 7) is 0.751. The number of ether oxygens (including phenoxy) is 1. The third-order valence-electron chi connectivity index (χ3n) is 3.18. The first-order valence-electron chi connectivity index (χ1n) is 5.99. The van der Waals surface area contributed by atoms with Crippen LogP contribution in [0.1, 0.15) is 18.7 Å². The Bertz CT molecular complexity index is 385. The number of imidazole rings is 1. The number of carbonyl (C=O) groups excluding carboxylic acids is 1. The maximum absolute atomic E-state index is 11.5. The molecule has 2 rings (SSSR count). The molecule has 1 aromatic rings. The number of carbonyl (C=O) groups is 1. The predicted octanol–water partition coefficient (Wildman–Crippen LogP) is 0.504. The highest BCUT2D eigenvalue weighted by atomic mass is 16.5. The Morgan fingerprint density at radius 2 is 2.47 bits per heavy atom. The summed E-state index contributed by atoms with van der Waals surface area (Å²) < 4.78 is 6.79. The second-order valence-corrected chi connectivity index (χ2v) is 4.50. The highest BCUT2D eigenvalue weighted by Crippen LogP contribution is 2.33. The number of rotatable bonds is 6. The SMILES string of the molecule is COC(=O)C(NCCc1nccn1C)C1CC1. The maximum Gasteiger partial charge on any atom is 0.323 e. The topological polar surface area (TPSA) is 56.1 Å². The van der Waals surface area contributed by atoms with Crippen LogP contribution in [-0.4, -0.2) is 35.2 Å². The van der Waals surface area contributed by atoms with Gasteiger partial charge in [0.15, 0.2) is 0 Å². The molecule has 1 unspecified atom stereocenters. The highest BCUT2D eigenvalue weighted by Gasteiger charge is 2.36. The minimum Gasteiger partial charge on any atom is -0.468 e. The number of aromatic nitrogens is 2. The highest BCUT2D eigenvalue weighted by molar-refractivity contribution is 5.76. The zero-order chi connectivity index (χ0) is 12.3. The number of nitrogens with zero attached hydrogens (tertiary/aromatic N) is 2. The van der Waals surface area contributed by atoms with E-state index in [1.54, 1.807) is 6.20 Å². The average molecular weight is 237 g/mol. The summed E-state index contributed by atoms with van der Waals surface area (Å²) in [6, 6.07) is -0.139. The summed E-state index contributed by atoms with van der Waals surface area (Å²) in [5, 5.41) is 3.27. The summed E-state index contributed by atoms with van der Waals surface area (Å²) in [6.07, 6.45) is 6.77. The van der Waals surface area contributed by atoms with E-state index in [9.17, 15) is 4.79 Å². The fraction of sp³-hybridized carbons (Fsp3) is 0.667. The van der Waals surface area contributed by atoms with Gasteiger partial charge in [-0.05, 0) is 18.8 Å². The molecule has 0 bridgehead atoms. The zero-order valence-electron chi connectivity index (χ0n) is 10.3. The summed E-state index contributed by atoms with van der Waals surface area (Å²) in [5.74, 6) is 1.34. The van der Waals surface area contributed by atoms with E-state index >= 15 is 0 Å². The third-order valence-corrected chi connectivity index (χ3v) is 3.18. The van der Waals surface area contributed by atoms with Gasteiger partial charge in [-0.2, -0.15) is 0 Å². The Kier molecular flexibility index (Phi) is 3.78. The van der Waals surface area contributed by atoms with Crippen LogP contribution < -0.4 is 5.32 Å². The van der Waals surface area contributed by atoms with E-state index in [-0.39, 0.29) is 12.0 Å². The molecule has 5 nitrogen and oxygen atoms in total. The number of hydrogen-bond acceptors (Lipinski definition) is 4. The van der Waals surface area contributed by atoms with E-state index in [0.717, 1.165) is 31.6 Å². The molecule has 0 aromatic carbocycles. The molecular weight excluding hydrogens is 218 g/mol. The van der Waals surface area contributed by atoms with Gasteiger partial charge in [0.25, 0.3) is 0 Å². The molecule has 1 aromatic heterocycles. The largest absolute Gasteiger partial charge is 0.468 e. The monoisotopic (exact) mass is 237 g/mol. The molecule has 1 heterocycles. The fourth-order valence-corrected chi connectivity index (χ4v) is 1.98. The number of nitrogens with one attached hydrogen (secondary N) is 1. The van der Waals surface area contributed by atoms with Crippen molar-refractivity contribution < 1.29 is 9.53 Å². The molecular formula is C12H19N3O2. The minimum atomic E-state index is -0.146. The lowest BCUT2D eigenvalue weighted by atomic mass is 10.2. The molecule has 17 heavy (non-hydrogen) atoms. The van der Waals surface area contributed by atoms with Crippen LogP contribution in [0, 0.1) is 5.92 Å². The van der Waals surface area contributed by atoms with E-state index in [1.807, 2.05) is 17.8 Å². The lowest BCUT2D eigenvalue weighted by Crippen LogP contribution is -2.40. The molecule has 0 spiro atoms. The van der Waals surface area contributed by atoms with E-state index in [1.165, 1.54) is 7.11 Å². The van der Waals surface area contributed by atoms with Crippen molar-refractivity contribution in [3.05, 3.63) is 18.2 Å². The first kappa shape index (κ1) is 12.1. The van der Waals surface area contributed by atoms with Gasteiger partial charge in [-0.3, -0.25) is 4.79 Å². The van der Waals surface area contributed by atoms with Gasteiger partial charge in [0, 0.05) is 32.4 Å². The van der Waals surface area contributed by atoms with Crippen LogP contribution in [-0.2, 0) is 23.0 Å². The van der Waals surface area contributed by atoms with Gasteiger partial charge < -0.3 is 14.6 Å². The lowest BCUT2D eigenvalue weighted by Gasteiger charge is -2.15.